The molecule has 3 heteroatoms. The highest BCUT2D eigenvalue weighted by Gasteiger charge is 2.10. The second kappa shape index (κ2) is 8.88. The van der Waals surface area contributed by atoms with E-state index in [1.165, 1.54) is 0 Å². The van der Waals surface area contributed by atoms with Crippen LogP contribution in [0.5, 0.6) is 0 Å². The number of nitrogens with zero attached hydrogens (tertiary/aromatic N) is 1. The lowest BCUT2D eigenvalue weighted by Gasteiger charge is -2.12. The molecule has 14 heavy (non-hydrogen) atoms. The predicted octanol–water partition coefficient (Wildman–Crippen LogP) is 1.81. The summed E-state index contributed by atoms with van der Waals surface area (Å²) in [7, 11) is 0. The summed E-state index contributed by atoms with van der Waals surface area (Å²) in [5.41, 5.74) is 0. The van der Waals surface area contributed by atoms with E-state index in [2.05, 4.69) is 24.2 Å². The van der Waals surface area contributed by atoms with Gasteiger partial charge in [0.1, 0.15) is 5.78 Å². The largest absolute Gasteiger partial charge is 0.307 e. The van der Waals surface area contributed by atoms with Gasteiger partial charge in [-0.15, -0.1) is 0 Å². The van der Waals surface area contributed by atoms with Crippen molar-refractivity contribution in [1.82, 2.24) is 5.32 Å². The Bertz CT molecular complexity index is 178. The average molecular weight is 198 g/mol. The van der Waals surface area contributed by atoms with Gasteiger partial charge in [-0.05, 0) is 26.3 Å². The van der Waals surface area contributed by atoms with E-state index in [1.807, 2.05) is 6.21 Å². The fraction of sp³-hybridized carbons (Fsp3) is 0.818. The van der Waals surface area contributed by atoms with E-state index in [9.17, 15) is 4.79 Å². The number of carbonyl (C=O) groups excluding carboxylic acids is 1. The quantitative estimate of drug-likeness (QED) is 0.604. The van der Waals surface area contributed by atoms with Gasteiger partial charge in [-0.1, -0.05) is 13.8 Å². The van der Waals surface area contributed by atoms with Crippen molar-refractivity contribution in [2.75, 3.05) is 13.1 Å². The first-order chi connectivity index (χ1) is 6.72. The number of hydrogen-bond donors (Lipinski definition) is 1. The molecule has 0 heterocycles. The van der Waals surface area contributed by atoms with Gasteiger partial charge in [0.05, 0.1) is 6.04 Å². The van der Waals surface area contributed by atoms with Crippen LogP contribution in [0.25, 0.3) is 0 Å². The fourth-order valence-corrected chi connectivity index (χ4v) is 1.11. The van der Waals surface area contributed by atoms with E-state index in [0.29, 0.717) is 0 Å². The first-order valence-corrected chi connectivity index (χ1v) is 5.44. The summed E-state index contributed by atoms with van der Waals surface area (Å²) in [5.74, 6) is 0.196. The van der Waals surface area contributed by atoms with Gasteiger partial charge < -0.3 is 5.32 Å². The van der Waals surface area contributed by atoms with Gasteiger partial charge in [-0.3, -0.25) is 9.79 Å². The monoisotopic (exact) mass is 198 g/mol. The van der Waals surface area contributed by atoms with E-state index < -0.39 is 0 Å². The zero-order valence-corrected chi connectivity index (χ0v) is 9.55. The van der Waals surface area contributed by atoms with Crippen LogP contribution in [0.1, 0.15) is 40.0 Å². The van der Waals surface area contributed by atoms with Gasteiger partial charge >= 0.3 is 0 Å². The van der Waals surface area contributed by atoms with E-state index >= 15 is 0 Å². The Kier molecular flexibility index (Phi) is 8.43. The lowest BCUT2D eigenvalue weighted by Crippen LogP contribution is -2.36. The van der Waals surface area contributed by atoms with Gasteiger partial charge in [0.2, 0.25) is 0 Å². The van der Waals surface area contributed by atoms with Gasteiger partial charge in [0.15, 0.2) is 0 Å². The van der Waals surface area contributed by atoms with E-state index in [0.717, 1.165) is 32.4 Å². The highest BCUT2D eigenvalue weighted by Crippen LogP contribution is 1.92. The van der Waals surface area contributed by atoms with E-state index in [1.54, 1.807) is 6.92 Å². The van der Waals surface area contributed by atoms with Crippen molar-refractivity contribution in [1.29, 1.82) is 0 Å². The van der Waals surface area contributed by atoms with Crippen molar-refractivity contribution in [3.8, 4) is 0 Å². The normalized spacial score (nSPS) is 13.4. The molecule has 3 nitrogen and oxygen atoms in total. The third-order valence-electron chi connectivity index (χ3n) is 1.95. The zero-order chi connectivity index (χ0) is 10.8. The molecule has 0 spiro atoms. The molecule has 0 aromatic rings. The first-order valence-electron chi connectivity index (χ1n) is 5.44. The Labute approximate surface area is 87.0 Å². The summed E-state index contributed by atoms with van der Waals surface area (Å²) in [6, 6.07) is -0.0458. The first kappa shape index (κ1) is 13.3. The van der Waals surface area contributed by atoms with E-state index in [4.69, 9.17) is 0 Å². The molecular formula is C11H22N2O. The number of Topliss-reactive ketones (excluding diaryl/α,β-unsaturated/α-hetero) is 1. The Morgan fingerprint density at radius 3 is 2.64 bits per heavy atom. The summed E-state index contributed by atoms with van der Waals surface area (Å²) < 4.78 is 0. The minimum absolute atomic E-state index is 0.0458. The Balaban J connectivity index is 3.78. The standard InChI is InChI=1S/C11H22N2O/c1-4-7-12-9-6-11(10(3)14)13-8-5-2/h9,11,13H,4-8H2,1-3H3/b12-9+. The summed E-state index contributed by atoms with van der Waals surface area (Å²) in [6.45, 7) is 7.57. The molecule has 0 amide bonds. The number of nitrogens with one attached hydrogen (secondary N) is 1. The lowest BCUT2D eigenvalue weighted by atomic mass is 10.1. The fourth-order valence-electron chi connectivity index (χ4n) is 1.11. The molecule has 0 rings (SSSR count). The highest BCUT2D eigenvalue weighted by atomic mass is 16.1. The average Bonchev–Trinajstić information content (AvgIpc) is 2.16. The lowest BCUT2D eigenvalue weighted by molar-refractivity contribution is -0.118. The molecule has 0 aromatic heterocycles. The SMILES string of the molecule is CCC/N=C/CC(NCCC)C(C)=O. The van der Waals surface area contributed by atoms with E-state index in [-0.39, 0.29) is 11.8 Å². The molecular weight excluding hydrogens is 176 g/mol. The summed E-state index contributed by atoms with van der Waals surface area (Å²) >= 11 is 0. The maximum absolute atomic E-state index is 11.2. The summed E-state index contributed by atoms with van der Waals surface area (Å²) in [5, 5.41) is 3.20. The van der Waals surface area contributed by atoms with Crippen molar-refractivity contribution in [2.45, 2.75) is 46.1 Å². The van der Waals surface area contributed by atoms with Crippen LogP contribution in [0, 0.1) is 0 Å². The minimum atomic E-state index is -0.0458. The van der Waals surface area contributed by atoms with Crippen LogP contribution in [-0.2, 0) is 4.79 Å². The second-order valence-electron chi connectivity index (χ2n) is 3.44. The van der Waals surface area contributed by atoms with Gasteiger partial charge in [-0.2, -0.15) is 0 Å². The predicted molar refractivity (Wildman–Crippen MR) is 61.0 cm³/mol. The Morgan fingerprint density at radius 1 is 1.43 bits per heavy atom. The van der Waals surface area contributed by atoms with Gasteiger partial charge in [-0.25, -0.2) is 0 Å². The number of carbonyl (C=O) groups is 1. The Hall–Kier alpha value is -0.700. The molecule has 82 valence electrons. The van der Waals surface area contributed by atoms with Crippen LogP contribution in [0.2, 0.25) is 0 Å². The summed E-state index contributed by atoms with van der Waals surface area (Å²) in [6.07, 6.45) is 4.69. The van der Waals surface area contributed by atoms with Crippen molar-refractivity contribution >= 4 is 12.0 Å². The molecule has 0 bridgehead atoms. The van der Waals surface area contributed by atoms with Crippen molar-refractivity contribution in [3.63, 3.8) is 0 Å². The molecule has 0 saturated heterocycles. The third kappa shape index (κ3) is 6.78. The maximum Gasteiger partial charge on any atom is 0.147 e. The minimum Gasteiger partial charge on any atom is -0.307 e. The number of rotatable bonds is 8. The Morgan fingerprint density at radius 2 is 2.14 bits per heavy atom. The molecule has 0 aliphatic heterocycles. The van der Waals surface area contributed by atoms with Crippen molar-refractivity contribution < 1.29 is 4.79 Å². The van der Waals surface area contributed by atoms with Gasteiger partial charge in [0.25, 0.3) is 0 Å². The molecule has 0 aromatic carbocycles. The molecule has 0 aliphatic rings. The summed E-state index contributed by atoms with van der Waals surface area (Å²) in [4.78, 5) is 15.4. The smallest absolute Gasteiger partial charge is 0.147 e. The molecule has 1 N–H and O–H groups in total. The van der Waals surface area contributed by atoms with Crippen LogP contribution in [-0.4, -0.2) is 31.1 Å². The van der Waals surface area contributed by atoms with Gasteiger partial charge in [0, 0.05) is 19.2 Å². The molecule has 0 saturated carbocycles. The molecule has 0 radical (unpaired) electrons. The van der Waals surface area contributed by atoms with Crippen LogP contribution in [0.4, 0.5) is 0 Å². The molecule has 0 fully saturated rings. The van der Waals surface area contributed by atoms with Crippen LogP contribution < -0.4 is 5.32 Å². The molecule has 1 atom stereocenters. The maximum atomic E-state index is 11.2. The topological polar surface area (TPSA) is 41.5 Å². The van der Waals surface area contributed by atoms with Crippen LogP contribution in [0.3, 0.4) is 0 Å². The molecule has 0 aliphatic carbocycles. The number of ketones is 1. The highest BCUT2D eigenvalue weighted by molar-refractivity contribution is 5.84. The number of hydrogen-bond acceptors (Lipinski definition) is 3. The molecule has 1 unspecified atom stereocenters. The van der Waals surface area contributed by atoms with Crippen molar-refractivity contribution in [2.24, 2.45) is 4.99 Å². The third-order valence-corrected chi connectivity index (χ3v) is 1.95. The van der Waals surface area contributed by atoms with Crippen LogP contribution >= 0.6 is 0 Å². The van der Waals surface area contributed by atoms with Crippen molar-refractivity contribution in [3.05, 3.63) is 0 Å². The number of aliphatic imine (C=N–C) groups is 1. The second-order valence-corrected chi connectivity index (χ2v) is 3.44. The zero-order valence-electron chi connectivity index (χ0n) is 9.55. The van der Waals surface area contributed by atoms with Crippen LogP contribution in [0.15, 0.2) is 4.99 Å².